The fraction of sp³-hybridized carbons (Fsp3) is 0. The standard InChI is InChI=1S/C38H25N3/c1-2-12-28(13-3-1)41-35-20-9-8-19-34(35)40-38(41)37-31-16-6-4-14-29(31)36(30-15-5-7-17-32(30)37)27-23-21-26(22-24-27)33-18-10-11-25-39-33/h1-25H/i1D,2D,3D,12D,13D. The lowest BCUT2D eigenvalue weighted by Gasteiger charge is -2.18. The molecular formula is C38H25N3. The number of pyridine rings is 1. The molecule has 192 valence electrons. The van der Waals surface area contributed by atoms with E-state index in [0.717, 1.165) is 49.5 Å². The first-order valence-corrected chi connectivity index (χ1v) is 13.4. The van der Waals surface area contributed by atoms with Gasteiger partial charge >= 0.3 is 0 Å². The van der Waals surface area contributed by atoms with E-state index in [9.17, 15) is 0 Å². The number of fused-ring (bicyclic) bond motifs is 3. The van der Waals surface area contributed by atoms with Crippen LogP contribution >= 0.6 is 0 Å². The number of imidazole rings is 1. The molecule has 0 saturated carbocycles. The van der Waals surface area contributed by atoms with Crippen LogP contribution in [0.25, 0.3) is 72.0 Å². The van der Waals surface area contributed by atoms with Crippen molar-refractivity contribution < 1.29 is 6.85 Å². The molecule has 2 heterocycles. The topological polar surface area (TPSA) is 30.7 Å². The number of para-hydroxylation sites is 3. The SMILES string of the molecule is [2H]c1c([2H])c([2H])c(-n2c(-c3c4ccccc4c(-c4ccc(-c5ccccn5)cc4)c4ccccc34)nc3ccccc32)c([2H])c1[2H]. The van der Waals surface area contributed by atoms with E-state index in [2.05, 4.69) is 53.5 Å². The van der Waals surface area contributed by atoms with E-state index in [1.54, 1.807) is 10.8 Å². The van der Waals surface area contributed by atoms with Crippen LogP contribution in [0, 0.1) is 0 Å². The first kappa shape index (κ1) is 18.7. The van der Waals surface area contributed by atoms with Crippen LogP contribution < -0.4 is 0 Å². The summed E-state index contributed by atoms with van der Waals surface area (Å²) in [5.41, 5.74) is 6.27. The smallest absolute Gasteiger partial charge is 0.146 e. The zero-order chi connectivity index (χ0) is 31.5. The van der Waals surface area contributed by atoms with E-state index < -0.39 is 6.04 Å². The fourth-order valence-corrected chi connectivity index (χ4v) is 5.80. The molecule has 0 aliphatic rings. The average Bonchev–Trinajstić information content (AvgIpc) is 3.48. The molecule has 0 N–H and O–H groups in total. The Balaban J connectivity index is 1.47. The maximum Gasteiger partial charge on any atom is 0.146 e. The molecule has 0 aliphatic carbocycles. The largest absolute Gasteiger partial charge is 0.292 e. The molecule has 0 bridgehead atoms. The molecule has 0 amide bonds. The summed E-state index contributed by atoms with van der Waals surface area (Å²) < 4.78 is 44.5. The molecule has 3 nitrogen and oxygen atoms in total. The van der Waals surface area contributed by atoms with Gasteiger partial charge in [0.15, 0.2) is 0 Å². The Morgan fingerprint density at radius 2 is 1.12 bits per heavy atom. The zero-order valence-electron chi connectivity index (χ0n) is 26.9. The monoisotopic (exact) mass is 528 g/mol. The van der Waals surface area contributed by atoms with E-state index in [4.69, 9.17) is 11.8 Å². The predicted octanol–water partition coefficient (Wildman–Crippen LogP) is 9.73. The summed E-state index contributed by atoms with van der Waals surface area (Å²) in [5, 5.41) is 3.91. The van der Waals surface area contributed by atoms with Crippen LogP contribution in [-0.2, 0) is 0 Å². The molecule has 41 heavy (non-hydrogen) atoms. The molecule has 0 saturated heterocycles. The number of nitrogens with zero attached hydrogens (tertiary/aromatic N) is 3. The third-order valence-electron chi connectivity index (χ3n) is 7.56. The Kier molecular flexibility index (Phi) is 4.37. The predicted molar refractivity (Wildman–Crippen MR) is 170 cm³/mol. The highest BCUT2D eigenvalue weighted by molar-refractivity contribution is 6.21. The molecule has 0 aliphatic heterocycles. The van der Waals surface area contributed by atoms with E-state index in [1.807, 2.05) is 66.7 Å². The second kappa shape index (κ2) is 9.58. The van der Waals surface area contributed by atoms with Crippen LogP contribution in [0.5, 0.6) is 0 Å². The van der Waals surface area contributed by atoms with E-state index in [1.165, 1.54) is 0 Å². The molecule has 8 aromatic rings. The summed E-state index contributed by atoms with van der Waals surface area (Å²) >= 11 is 0. The van der Waals surface area contributed by atoms with Gasteiger partial charge in [-0.05, 0) is 69.0 Å². The van der Waals surface area contributed by atoms with Gasteiger partial charge in [0, 0.05) is 23.0 Å². The summed E-state index contributed by atoms with van der Waals surface area (Å²) in [5.74, 6) is 0.504. The molecule has 2 aromatic heterocycles. The minimum absolute atomic E-state index is 0.0667. The Morgan fingerprint density at radius 3 is 1.78 bits per heavy atom. The van der Waals surface area contributed by atoms with Crippen molar-refractivity contribution in [2.24, 2.45) is 0 Å². The van der Waals surface area contributed by atoms with Gasteiger partial charge in [-0.25, -0.2) is 4.98 Å². The third-order valence-corrected chi connectivity index (χ3v) is 7.56. The fourth-order valence-electron chi connectivity index (χ4n) is 5.80. The Hall–Kier alpha value is -5.54. The molecule has 0 atom stereocenters. The van der Waals surface area contributed by atoms with Gasteiger partial charge in [0.05, 0.1) is 23.6 Å². The summed E-state index contributed by atoms with van der Waals surface area (Å²) in [6.07, 6.45) is 1.79. The highest BCUT2D eigenvalue weighted by Crippen LogP contribution is 2.44. The van der Waals surface area contributed by atoms with Crippen molar-refractivity contribution in [1.29, 1.82) is 0 Å². The van der Waals surface area contributed by atoms with Crippen molar-refractivity contribution in [1.82, 2.24) is 14.5 Å². The van der Waals surface area contributed by atoms with E-state index in [-0.39, 0.29) is 29.9 Å². The van der Waals surface area contributed by atoms with Crippen molar-refractivity contribution in [2.45, 2.75) is 0 Å². The molecular weight excluding hydrogens is 498 g/mol. The maximum absolute atomic E-state index is 8.87. The van der Waals surface area contributed by atoms with Crippen molar-refractivity contribution in [3.63, 3.8) is 0 Å². The Morgan fingerprint density at radius 1 is 0.537 bits per heavy atom. The number of hydrogen-bond donors (Lipinski definition) is 0. The van der Waals surface area contributed by atoms with Crippen LogP contribution in [0.3, 0.4) is 0 Å². The van der Waals surface area contributed by atoms with Crippen LogP contribution in [0.4, 0.5) is 0 Å². The van der Waals surface area contributed by atoms with Crippen molar-refractivity contribution in [2.75, 3.05) is 0 Å². The van der Waals surface area contributed by atoms with Gasteiger partial charge in [0.25, 0.3) is 0 Å². The first-order valence-electron chi connectivity index (χ1n) is 15.9. The van der Waals surface area contributed by atoms with E-state index in [0.29, 0.717) is 16.9 Å². The lowest BCUT2D eigenvalue weighted by atomic mass is 9.87. The molecule has 3 heteroatoms. The molecule has 0 unspecified atom stereocenters. The van der Waals surface area contributed by atoms with Gasteiger partial charge < -0.3 is 0 Å². The van der Waals surface area contributed by atoms with Crippen molar-refractivity contribution >= 4 is 32.6 Å². The minimum Gasteiger partial charge on any atom is -0.292 e. The quantitative estimate of drug-likeness (QED) is 0.213. The lowest BCUT2D eigenvalue weighted by Crippen LogP contribution is -1.99. The van der Waals surface area contributed by atoms with E-state index >= 15 is 0 Å². The molecule has 6 aromatic carbocycles. The third kappa shape index (κ3) is 3.82. The van der Waals surface area contributed by atoms with Gasteiger partial charge in [0.2, 0.25) is 0 Å². The average molecular weight is 529 g/mol. The van der Waals surface area contributed by atoms with Crippen molar-refractivity contribution in [3.05, 3.63) is 152 Å². The van der Waals surface area contributed by atoms with Gasteiger partial charge in [0.1, 0.15) is 5.82 Å². The maximum atomic E-state index is 8.87. The first-order chi connectivity index (χ1) is 22.4. The lowest BCUT2D eigenvalue weighted by molar-refractivity contribution is 1.11. The molecule has 0 fully saturated rings. The highest BCUT2D eigenvalue weighted by Gasteiger charge is 2.21. The number of benzene rings is 6. The molecule has 0 spiro atoms. The zero-order valence-corrected chi connectivity index (χ0v) is 21.9. The van der Waals surface area contributed by atoms with Gasteiger partial charge in [-0.1, -0.05) is 109 Å². The molecule has 0 radical (unpaired) electrons. The second-order valence-electron chi connectivity index (χ2n) is 9.87. The Labute approximate surface area is 245 Å². The molecule has 8 rings (SSSR count). The number of hydrogen-bond acceptors (Lipinski definition) is 2. The normalized spacial score (nSPS) is 13.1. The summed E-state index contributed by atoms with van der Waals surface area (Å²) in [4.78, 5) is 9.60. The van der Waals surface area contributed by atoms with Crippen LogP contribution in [-0.4, -0.2) is 14.5 Å². The minimum atomic E-state index is -0.431. The number of aromatic nitrogens is 3. The van der Waals surface area contributed by atoms with Crippen LogP contribution in [0.15, 0.2) is 152 Å². The highest BCUT2D eigenvalue weighted by atomic mass is 15.1. The number of rotatable bonds is 4. The summed E-state index contributed by atoms with van der Waals surface area (Å²) in [6.45, 7) is 0. The Bertz CT molecular complexity index is 2390. The van der Waals surface area contributed by atoms with Gasteiger partial charge in [-0.3, -0.25) is 9.55 Å². The van der Waals surface area contributed by atoms with Gasteiger partial charge in [-0.2, -0.15) is 0 Å². The van der Waals surface area contributed by atoms with Crippen LogP contribution in [0.2, 0.25) is 0 Å². The van der Waals surface area contributed by atoms with Gasteiger partial charge in [-0.15, -0.1) is 0 Å². The van der Waals surface area contributed by atoms with Crippen LogP contribution in [0.1, 0.15) is 6.85 Å². The summed E-state index contributed by atoms with van der Waals surface area (Å²) in [7, 11) is 0. The summed E-state index contributed by atoms with van der Waals surface area (Å²) in [6, 6.07) is 36.4. The second-order valence-corrected chi connectivity index (χ2v) is 9.87. The van der Waals surface area contributed by atoms with Crippen molar-refractivity contribution in [3.8, 4) is 39.5 Å².